The second-order valence-corrected chi connectivity index (χ2v) is 7.19. The predicted molar refractivity (Wildman–Crippen MR) is 109 cm³/mol. The fourth-order valence-electron chi connectivity index (χ4n) is 3.39. The second-order valence-electron chi connectivity index (χ2n) is 7.19. The summed E-state index contributed by atoms with van der Waals surface area (Å²) in [6.07, 6.45) is 1.61. The number of benzene rings is 2. The van der Waals surface area contributed by atoms with Gasteiger partial charge in [-0.15, -0.1) is 0 Å². The van der Waals surface area contributed by atoms with Crippen LogP contribution in [-0.2, 0) is 11.4 Å². The van der Waals surface area contributed by atoms with Gasteiger partial charge in [-0.05, 0) is 42.0 Å². The van der Waals surface area contributed by atoms with Crippen LogP contribution in [0.4, 0.5) is 0 Å². The summed E-state index contributed by atoms with van der Waals surface area (Å²) in [6.45, 7) is 2.76. The van der Waals surface area contributed by atoms with Crippen LogP contribution in [0.15, 0.2) is 47.1 Å². The van der Waals surface area contributed by atoms with E-state index >= 15 is 0 Å². The summed E-state index contributed by atoms with van der Waals surface area (Å²) in [4.78, 5) is 30.2. The molecular weight excluding hydrogens is 386 g/mol. The zero-order valence-corrected chi connectivity index (χ0v) is 16.9. The van der Waals surface area contributed by atoms with Gasteiger partial charge in [-0.1, -0.05) is 12.1 Å². The predicted octanol–water partition coefficient (Wildman–Crippen LogP) is 2.77. The molecule has 2 aromatic carbocycles. The Kier molecular flexibility index (Phi) is 5.56. The van der Waals surface area contributed by atoms with Gasteiger partial charge in [0.25, 0.3) is 5.91 Å². The zero-order valence-electron chi connectivity index (χ0n) is 16.9. The van der Waals surface area contributed by atoms with Crippen molar-refractivity contribution in [2.24, 2.45) is 0 Å². The molecule has 0 saturated carbocycles. The third-order valence-corrected chi connectivity index (χ3v) is 5.12. The number of oxazole rings is 1. The normalized spacial score (nSPS) is 16.8. The van der Waals surface area contributed by atoms with Gasteiger partial charge in [0.1, 0.15) is 17.8 Å². The number of nitrogens with zero attached hydrogens (tertiary/aromatic N) is 2. The molecule has 1 aromatic heterocycles. The molecule has 156 valence electrons. The fourth-order valence-corrected chi connectivity index (χ4v) is 3.39. The minimum atomic E-state index is -0.258. The van der Waals surface area contributed by atoms with Gasteiger partial charge in [0, 0.05) is 25.6 Å². The summed E-state index contributed by atoms with van der Waals surface area (Å²) in [7, 11) is 1.63. The molecule has 4 rings (SSSR count). The number of amides is 2. The summed E-state index contributed by atoms with van der Waals surface area (Å²) < 4.78 is 16.5. The number of aromatic nitrogens is 1. The van der Waals surface area contributed by atoms with Crippen LogP contribution < -0.4 is 14.8 Å². The van der Waals surface area contributed by atoms with Crippen LogP contribution in [0.3, 0.4) is 0 Å². The van der Waals surface area contributed by atoms with Gasteiger partial charge in [0.2, 0.25) is 11.8 Å². The van der Waals surface area contributed by atoms with Crippen molar-refractivity contribution in [2.75, 3.05) is 20.2 Å². The van der Waals surface area contributed by atoms with Crippen LogP contribution in [0.25, 0.3) is 10.8 Å². The Morgan fingerprint density at radius 3 is 2.80 bits per heavy atom. The van der Waals surface area contributed by atoms with E-state index in [4.69, 9.17) is 13.9 Å². The van der Waals surface area contributed by atoms with Crippen molar-refractivity contribution < 1.29 is 23.5 Å². The fraction of sp³-hybridized carbons (Fsp3) is 0.318. The highest BCUT2D eigenvalue weighted by Gasteiger charge is 2.27. The molecule has 8 heteroatoms. The van der Waals surface area contributed by atoms with E-state index in [0.717, 1.165) is 16.5 Å². The Morgan fingerprint density at radius 2 is 2.00 bits per heavy atom. The van der Waals surface area contributed by atoms with E-state index in [1.807, 2.05) is 43.3 Å². The first-order valence-corrected chi connectivity index (χ1v) is 9.76. The topological polar surface area (TPSA) is 93.9 Å². The molecule has 8 nitrogen and oxygen atoms in total. The van der Waals surface area contributed by atoms with Crippen molar-refractivity contribution in [1.29, 1.82) is 0 Å². The van der Waals surface area contributed by atoms with Crippen molar-refractivity contribution in [3.63, 3.8) is 0 Å². The number of methoxy groups -OCH3 is 1. The highest BCUT2D eigenvalue weighted by Crippen LogP contribution is 2.25. The molecule has 1 atom stereocenters. The molecule has 1 aliphatic heterocycles. The molecule has 1 aliphatic rings. The summed E-state index contributed by atoms with van der Waals surface area (Å²) in [6, 6.07) is 11.5. The molecule has 0 bridgehead atoms. The molecule has 0 spiro atoms. The van der Waals surface area contributed by atoms with Gasteiger partial charge in [-0.3, -0.25) is 9.59 Å². The summed E-state index contributed by atoms with van der Waals surface area (Å²) in [5.41, 5.74) is 0.207. The molecule has 0 radical (unpaired) electrons. The quantitative estimate of drug-likeness (QED) is 0.696. The Labute approximate surface area is 173 Å². The van der Waals surface area contributed by atoms with E-state index in [1.165, 1.54) is 6.26 Å². The van der Waals surface area contributed by atoms with E-state index in [2.05, 4.69) is 10.3 Å². The van der Waals surface area contributed by atoms with Crippen LogP contribution in [0.5, 0.6) is 11.5 Å². The number of ether oxygens (including phenoxy) is 2. The standard InChI is InChI=1S/C22H23N3O5/c1-14-11-23-20(26)7-8-25(14)22(27)19-12-30-21(24-19)13-29-18-6-4-15-3-5-17(28-2)9-16(15)10-18/h3-6,9-10,12,14H,7-8,11,13H2,1-2H3,(H,23,26)/t14-/m0/s1. The van der Waals surface area contributed by atoms with Gasteiger partial charge in [0.15, 0.2) is 12.3 Å². The van der Waals surface area contributed by atoms with Crippen LogP contribution in [0.1, 0.15) is 29.7 Å². The summed E-state index contributed by atoms with van der Waals surface area (Å²) in [5, 5.41) is 4.86. The Hall–Kier alpha value is -3.55. The lowest BCUT2D eigenvalue weighted by Gasteiger charge is -2.25. The van der Waals surface area contributed by atoms with Gasteiger partial charge >= 0.3 is 0 Å². The molecule has 2 heterocycles. The first-order valence-electron chi connectivity index (χ1n) is 9.76. The SMILES string of the molecule is COc1ccc2ccc(OCc3nc(C(=O)N4CCC(=O)NC[C@@H]4C)co3)cc2c1. The zero-order chi connectivity index (χ0) is 21.1. The molecule has 3 aromatic rings. The lowest BCUT2D eigenvalue weighted by molar-refractivity contribution is -0.120. The molecule has 1 fully saturated rings. The van der Waals surface area contributed by atoms with Crippen molar-refractivity contribution in [3.8, 4) is 11.5 Å². The lowest BCUT2D eigenvalue weighted by atomic mass is 10.1. The number of rotatable bonds is 5. The Morgan fingerprint density at radius 1 is 1.23 bits per heavy atom. The minimum Gasteiger partial charge on any atom is -0.497 e. The van der Waals surface area contributed by atoms with Gasteiger partial charge in [0.05, 0.1) is 7.11 Å². The van der Waals surface area contributed by atoms with E-state index < -0.39 is 0 Å². The first-order chi connectivity index (χ1) is 14.5. The van der Waals surface area contributed by atoms with Crippen LogP contribution in [0.2, 0.25) is 0 Å². The Bertz CT molecular complexity index is 1080. The maximum absolute atomic E-state index is 12.8. The highest BCUT2D eigenvalue weighted by atomic mass is 16.5. The average Bonchev–Trinajstić information content (AvgIpc) is 3.17. The van der Waals surface area contributed by atoms with Crippen LogP contribution in [-0.4, -0.2) is 47.9 Å². The Balaban J connectivity index is 1.42. The number of carbonyl (C=O) groups excluding carboxylic acids is 2. The number of hydrogen-bond donors (Lipinski definition) is 1. The van der Waals surface area contributed by atoms with Gasteiger partial charge in [-0.25, -0.2) is 4.98 Å². The molecule has 1 N–H and O–H groups in total. The van der Waals surface area contributed by atoms with Gasteiger partial charge in [-0.2, -0.15) is 0 Å². The van der Waals surface area contributed by atoms with E-state index in [-0.39, 0.29) is 36.6 Å². The lowest BCUT2D eigenvalue weighted by Crippen LogP contribution is -2.42. The molecular formula is C22H23N3O5. The third-order valence-electron chi connectivity index (χ3n) is 5.12. The monoisotopic (exact) mass is 409 g/mol. The minimum absolute atomic E-state index is 0.0561. The van der Waals surface area contributed by atoms with Crippen molar-refractivity contribution >= 4 is 22.6 Å². The van der Waals surface area contributed by atoms with E-state index in [1.54, 1.807) is 12.0 Å². The molecule has 0 unspecified atom stereocenters. The molecule has 30 heavy (non-hydrogen) atoms. The van der Waals surface area contributed by atoms with Crippen LogP contribution in [0, 0.1) is 0 Å². The number of nitrogens with one attached hydrogen (secondary N) is 1. The van der Waals surface area contributed by atoms with E-state index in [0.29, 0.717) is 24.7 Å². The third kappa shape index (κ3) is 4.22. The summed E-state index contributed by atoms with van der Waals surface area (Å²) in [5.74, 6) is 1.43. The number of hydrogen-bond acceptors (Lipinski definition) is 6. The first kappa shape index (κ1) is 19.8. The maximum atomic E-state index is 12.8. The molecule has 0 aliphatic carbocycles. The molecule has 1 saturated heterocycles. The summed E-state index contributed by atoms with van der Waals surface area (Å²) >= 11 is 0. The second kappa shape index (κ2) is 8.44. The van der Waals surface area contributed by atoms with Crippen molar-refractivity contribution in [2.45, 2.75) is 26.0 Å². The van der Waals surface area contributed by atoms with E-state index in [9.17, 15) is 9.59 Å². The number of fused-ring (bicyclic) bond motifs is 1. The van der Waals surface area contributed by atoms with Crippen molar-refractivity contribution in [1.82, 2.24) is 15.2 Å². The molecule has 2 amide bonds. The number of carbonyl (C=O) groups is 2. The largest absolute Gasteiger partial charge is 0.497 e. The smallest absolute Gasteiger partial charge is 0.276 e. The average molecular weight is 409 g/mol. The van der Waals surface area contributed by atoms with Crippen molar-refractivity contribution in [3.05, 3.63) is 54.2 Å². The maximum Gasteiger partial charge on any atom is 0.276 e. The van der Waals surface area contributed by atoms with Crippen LogP contribution >= 0.6 is 0 Å². The van der Waals surface area contributed by atoms with Gasteiger partial charge < -0.3 is 24.1 Å². The highest BCUT2D eigenvalue weighted by molar-refractivity contribution is 5.93.